The van der Waals surface area contributed by atoms with Gasteiger partial charge in [0.25, 0.3) is 0 Å². The summed E-state index contributed by atoms with van der Waals surface area (Å²) >= 11 is 0. The molecule has 0 aliphatic heterocycles. The first-order valence-electron chi connectivity index (χ1n) is 4.81. The van der Waals surface area contributed by atoms with E-state index in [1.165, 1.54) is 5.71 Å². The minimum Gasteiger partial charge on any atom is -0.320 e. The minimum absolute atomic E-state index is 0.734. The molecule has 0 aliphatic carbocycles. The Labute approximate surface area is 76.5 Å². The molecule has 0 spiro atoms. The highest BCUT2D eigenvalue weighted by molar-refractivity contribution is 5.81. The quantitative estimate of drug-likeness (QED) is 0.479. The molecule has 0 fully saturated rings. The van der Waals surface area contributed by atoms with E-state index in [-0.39, 0.29) is 0 Å². The summed E-state index contributed by atoms with van der Waals surface area (Å²) in [6.45, 7) is 8.62. The predicted molar refractivity (Wildman–Crippen MR) is 56.0 cm³/mol. The lowest BCUT2D eigenvalue weighted by atomic mass is 10.1. The van der Waals surface area contributed by atoms with Crippen molar-refractivity contribution in [2.45, 2.75) is 33.6 Å². The molecule has 0 aliphatic rings. The lowest BCUT2D eigenvalue weighted by Crippen LogP contribution is -2.09. The fourth-order valence-electron chi connectivity index (χ4n) is 1.18. The second-order valence-electron chi connectivity index (χ2n) is 3.67. The Balaban J connectivity index is 3.41. The molecule has 0 saturated carbocycles. The first-order valence-corrected chi connectivity index (χ1v) is 4.81. The SMILES string of the molecule is CNCCC/N=C(\C)CC(C)C. The van der Waals surface area contributed by atoms with Crippen LogP contribution >= 0.6 is 0 Å². The lowest BCUT2D eigenvalue weighted by molar-refractivity contribution is 0.676. The lowest BCUT2D eigenvalue weighted by Gasteiger charge is -2.03. The summed E-state index contributed by atoms with van der Waals surface area (Å²) in [5.41, 5.74) is 1.29. The van der Waals surface area contributed by atoms with Crippen LogP contribution in [0, 0.1) is 5.92 Å². The average molecular weight is 170 g/mol. The molecule has 1 N–H and O–H groups in total. The zero-order valence-electron chi connectivity index (χ0n) is 8.85. The van der Waals surface area contributed by atoms with Crippen LogP contribution in [0.5, 0.6) is 0 Å². The highest BCUT2D eigenvalue weighted by Gasteiger charge is 1.95. The van der Waals surface area contributed by atoms with Crippen LogP contribution in [-0.4, -0.2) is 25.8 Å². The van der Waals surface area contributed by atoms with Crippen LogP contribution < -0.4 is 5.32 Å². The minimum atomic E-state index is 0.734. The highest BCUT2D eigenvalue weighted by Crippen LogP contribution is 2.01. The molecule has 12 heavy (non-hydrogen) atoms. The Morgan fingerprint density at radius 3 is 2.58 bits per heavy atom. The van der Waals surface area contributed by atoms with Crippen LogP contribution in [0.25, 0.3) is 0 Å². The summed E-state index contributed by atoms with van der Waals surface area (Å²) in [4.78, 5) is 4.48. The maximum absolute atomic E-state index is 4.48. The number of hydrogen-bond acceptors (Lipinski definition) is 2. The predicted octanol–water partition coefficient (Wildman–Crippen LogP) is 2.10. The Morgan fingerprint density at radius 2 is 2.08 bits per heavy atom. The van der Waals surface area contributed by atoms with E-state index in [2.05, 4.69) is 31.1 Å². The first-order chi connectivity index (χ1) is 5.66. The van der Waals surface area contributed by atoms with Crippen LogP contribution in [-0.2, 0) is 0 Å². The maximum atomic E-state index is 4.48. The standard InChI is InChI=1S/C10H22N2/c1-9(2)8-10(3)12-7-5-6-11-4/h9,11H,5-8H2,1-4H3/b12-10+. The van der Waals surface area contributed by atoms with Crippen molar-refractivity contribution < 1.29 is 0 Å². The van der Waals surface area contributed by atoms with Gasteiger partial charge in [0.2, 0.25) is 0 Å². The third-order valence-corrected chi connectivity index (χ3v) is 1.67. The normalized spacial score (nSPS) is 12.6. The number of nitrogens with one attached hydrogen (secondary N) is 1. The summed E-state index contributed by atoms with van der Waals surface area (Å²) in [5.74, 6) is 0.734. The second-order valence-corrected chi connectivity index (χ2v) is 3.67. The summed E-state index contributed by atoms with van der Waals surface area (Å²) in [7, 11) is 1.98. The molecule has 0 aromatic rings. The molecule has 0 rings (SSSR count). The van der Waals surface area contributed by atoms with Gasteiger partial charge in [-0.1, -0.05) is 13.8 Å². The van der Waals surface area contributed by atoms with E-state index in [0.717, 1.165) is 31.8 Å². The first kappa shape index (κ1) is 11.6. The van der Waals surface area contributed by atoms with Crippen molar-refractivity contribution in [3.05, 3.63) is 0 Å². The highest BCUT2D eigenvalue weighted by atomic mass is 14.8. The van der Waals surface area contributed by atoms with Gasteiger partial charge < -0.3 is 5.32 Å². The van der Waals surface area contributed by atoms with Crippen molar-refractivity contribution in [2.24, 2.45) is 10.9 Å². The molecule has 2 heteroatoms. The zero-order chi connectivity index (χ0) is 9.40. The molecule has 0 atom stereocenters. The maximum Gasteiger partial charge on any atom is 0.0400 e. The molecular formula is C10H22N2. The number of hydrogen-bond donors (Lipinski definition) is 1. The molecule has 0 heterocycles. The molecule has 0 saturated heterocycles. The molecule has 0 unspecified atom stereocenters. The van der Waals surface area contributed by atoms with E-state index in [9.17, 15) is 0 Å². The van der Waals surface area contributed by atoms with Crippen molar-refractivity contribution in [1.29, 1.82) is 0 Å². The fraction of sp³-hybridized carbons (Fsp3) is 0.900. The van der Waals surface area contributed by atoms with Gasteiger partial charge >= 0.3 is 0 Å². The molecule has 0 radical (unpaired) electrons. The molecule has 0 amide bonds. The molecule has 0 aromatic carbocycles. The third-order valence-electron chi connectivity index (χ3n) is 1.67. The number of rotatable bonds is 6. The third kappa shape index (κ3) is 7.73. The monoisotopic (exact) mass is 170 g/mol. The Morgan fingerprint density at radius 1 is 1.42 bits per heavy atom. The van der Waals surface area contributed by atoms with Crippen molar-refractivity contribution in [2.75, 3.05) is 20.1 Å². The van der Waals surface area contributed by atoms with Crippen molar-refractivity contribution in [3.8, 4) is 0 Å². The van der Waals surface area contributed by atoms with Gasteiger partial charge in [-0.05, 0) is 39.3 Å². The van der Waals surface area contributed by atoms with Gasteiger partial charge in [0, 0.05) is 12.3 Å². The van der Waals surface area contributed by atoms with Crippen LogP contribution in [0.4, 0.5) is 0 Å². The van der Waals surface area contributed by atoms with E-state index in [0.29, 0.717) is 0 Å². The van der Waals surface area contributed by atoms with Crippen LogP contribution in [0.3, 0.4) is 0 Å². The largest absolute Gasteiger partial charge is 0.320 e. The van der Waals surface area contributed by atoms with Gasteiger partial charge in [0.1, 0.15) is 0 Å². The van der Waals surface area contributed by atoms with Gasteiger partial charge in [-0.15, -0.1) is 0 Å². The summed E-state index contributed by atoms with van der Waals surface area (Å²) < 4.78 is 0. The average Bonchev–Trinajstić information content (AvgIpc) is 1.97. The molecular weight excluding hydrogens is 148 g/mol. The number of aliphatic imine (C=N–C) groups is 1. The Bertz CT molecular complexity index is 128. The Hall–Kier alpha value is -0.370. The van der Waals surface area contributed by atoms with Crippen LogP contribution in [0.15, 0.2) is 4.99 Å². The van der Waals surface area contributed by atoms with Gasteiger partial charge in [-0.3, -0.25) is 4.99 Å². The smallest absolute Gasteiger partial charge is 0.0400 e. The summed E-state index contributed by atoms with van der Waals surface area (Å²) in [6.07, 6.45) is 2.28. The summed E-state index contributed by atoms with van der Waals surface area (Å²) in [5, 5.41) is 3.11. The van der Waals surface area contributed by atoms with Gasteiger partial charge in [0.15, 0.2) is 0 Å². The van der Waals surface area contributed by atoms with Crippen molar-refractivity contribution >= 4 is 5.71 Å². The molecule has 0 aromatic heterocycles. The second kappa shape index (κ2) is 7.29. The van der Waals surface area contributed by atoms with Crippen molar-refractivity contribution in [1.82, 2.24) is 5.32 Å². The van der Waals surface area contributed by atoms with E-state index < -0.39 is 0 Å². The van der Waals surface area contributed by atoms with Crippen LogP contribution in [0.2, 0.25) is 0 Å². The van der Waals surface area contributed by atoms with E-state index in [1.807, 2.05) is 7.05 Å². The zero-order valence-corrected chi connectivity index (χ0v) is 8.85. The molecule has 0 bridgehead atoms. The topological polar surface area (TPSA) is 24.4 Å². The van der Waals surface area contributed by atoms with Gasteiger partial charge in [-0.25, -0.2) is 0 Å². The summed E-state index contributed by atoms with van der Waals surface area (Å²) in [6, 6.07) is 0. The van der Waals surface area contributed by atoms with E-state index in [1.54, 1.807) is 0 Å². The van der Waals surface area contributed by atoms with E-state index in [4.69, 9.17) is 0 Å². The Kier molecular flexibility index (Phi) is 7.06. The fourth-order valence-corrected chi connectivity index (χ4v) is 1.18. The van der Waals surface area contributed by atoms with Gasteiger partial charge in [-0.2, -0.15) is 0 Å². The molecule has 2 nitrogen and oxygen atoms in total. The van der Waals surface area contributed by atoms with Crippen molar-refractivity contribution in [3.63, 3.8) is 0 Å². The van der Waals surface area contributed by atoms with Gasteiger partial charge in [0.05, 0.1) is 0 Å². The van der Waals surface area contributed by atoms with Crippen LogP contribution in [0.1, 0.15) is 33.6 Å². The van der Waals surface area contributed by atoms with E-state index >= 15 is 0 Å². The molecule has 72 valence electrons. The number of nitrogens with zero attached hydrogens (tertiary/aromatic N) is 1.